The first-order valence-corrected chi connectivity index (χ1v) is 11.0. The van der Waals surface area contributed by atoms with Crippen LogP contribution >= 0.6 is 0 Å². The van der Waals surface area contributed by atoms with E-state index in [2.05, 4.69) is 4.98 Å². The fraction of sp³-hybridized carbons (Fsp3) is 0.391. The molecule has 2 saturated heterocycles. The molecule has 3 amide bonds. The van der Waals surface area contributed by atoms with E-state index in [1.807, 2.05) is 0 Å². The van der Waals surface area contributed by atoms with E-state index in [1.165, 1.54) is 50.5 Å². The number of ether oxygens (including phenoxy) is 1. The molecule has 0 radical (unpaired) electrons. The van der Waals surface area contributed by atoms with Gasteiger partial charge in [0, 0.05) is 51.0 Å². The fourth-order valence-corrected chi connectivity index (χ4v) is 4.23. The normalized spacial score (nSPS) is 22.2. The number of pyridine rings is 1. The molecule has 1 aromatic carbocycles. The van der Waals surface area contributed by atoms with Gasteiger partial charge < -0.3 is 9.64 Å². The van der Waals surface area contributed by atoms with Crippen LogP contribution < -0.4 is 9.80 Å². The van der Waals surface area contributed by atoms with Crippen LogP contribution in [0.5, 0.6) is 0 Å². The Balaban J connectivity index is 1.77. The number of hydrogen-bond acceptors (Lipinski definition) is 7. The molecule has 2 aliphatic rings. The third-order valence-corrected chi connectivity index (χ3v) is 6.30. The first-order chi connectivity index (χ1) is 16.9. The zero-order chi connectivity index (χ0) is 26.3. The van der Waals surface area contributed by atoms with Crippen LogP contribution in [0.15, 0.2) is 42.7 Å². The van der Waals surface area contributed by atoms with Gasteiger partial charge in [0.25, 0.3) is 0 Å². The number of amides is 3. The molecule has 0 aliphatic carbocycles. The van der Waals surface area contributed by atoms with Crippen molar-refractivity contribution in [3.05, 3.63) is 54.1 Å². The van der Waals surface area contributed by atoms with E-state index in [9.17, 15) is 27.6 Å². The van der Waals surface area contributed by atoms with Crippen molar-refractivity contribution < 1.29 is 46.2 Å². The number of halogens is 4. The second-order valence-electron chi connectivity index (χ2n) is 8.85. The van der Waals surface area contributed by atoms with Crippen molar-refractivity contribution in [2.24, 2.45) is 0 Å². The summed E-state index contributed by atoms with van der Waals surface area (Å²) in [4.78, 5) is 50.0. The van der Waals surface area contributed by atoms with Gasteiger partial charge in [-0.25, -0.2) is 14.0 Å². The number of morpholine rings is 1. The van der Waals surface area contributed by atoms with Crippen molar-refractivity contribution in [2.45, 2.75) is 32.1 Å². The summed E-state index contributed by atoms with van der Waals surface area (Å²) in [6.45, 7) is 3.46. The smallest absolute Gasteiger partial charge is 0.378 e. The summed E-state index contributed by atoms with van der Waals surface area (Å²) in [5.74, 6) is -4.34. The molecular weight excluding hydrogens is 488 g/mol. The Morgan fingerprint density at radius 1 is 1.14 bits per heavy atom. The quantitative estimate of drug-likeness (QED) is 0.346. The third-order valence-electron chi connectivity index (χ3n) is 6.30. The van der Waals surface area contributed by atoms with E-state index >= 15 is 4.39 Å². The van der Waals surface area contributed by atoms with Crippen LogP contribution in [-0.2, 0) is 25.7 Å². The Labute approximate surface area is 203 Å². The van der Waals surface area contributed by atoms with Gasteiger partial charge in [0.15, 0.2) is 6.54 Å². The van der Waals surface area contributed by atoms with E-state index in [0.29, 0.717) is 31.2 Å². The zero-order valence-corrected chi connectivity index (χ0v) is 19.4. The Kier molecular flexibility index (Phi) is 6.47. The number of hydrogen-bond donors (Lipinski definition) is 0. The lowest BCUT2D eigenvalue weighted by atomic mass is 10.0. The summed E-state index contributed by atoms with van der Waals surface area (Å²) < 4.78 is 58.3. The lowest BCUT2D eigenvalue weighted by Crippen LogP contribution is -2.62. The maximum Gasteiger partial charge on any atom is 0.497 e. The molecule has 1 atom stereocenters. The van der Waals surface area contributed by atoms with Gasteiger partial charge >= 0.3 is 24.1 Å². The minimum atomic E-state index is -5.43. The predicted octanol–water partition coefficient (Wildman–Crippen LogP) is 3.34. The van der Waals surface area contributed by atoms with E-state index in [4.69, 9.17) is 9.57 Å². The summed E-state index contributed by atoms with van der Waals surface area (Å²) in [5, 5.41) is 0. The average molecular weight is 511 g/mol. The number of rotatable bonds is 5. The molecular formula is C23H23F4N4O5+. The molecule has 36 heavy (non-hydrogen) atoms. The maximum atomic E-state index is 15.1. The molecule has 0 saturated carbocycles. The maximum absolute atomic E-state index is 15.1. The highest BCUT2D eigenvalue weighted by atomic mass is 19.4. The van der Waals surface area contributed by atoms with Crippen LogP contribution in [-0.4, -0.2) is 65.6 Å². The number of urea groups is 1. The molecule has 0 bridgehead atoms. The van der Waals surface area contributed by atoms with E-state index in [1.54, 1.807) is 4.90 Å². The number of nitrogens with zero attached hydrogens (tertiary/aromatic N) is 4. The molecule has 192 valence electrons. The number of imide groups is 1. The highest BCUT2D eigenvalue weighted by molar-refractivity contribution is 6.19. The number of hydroxylamine groups is 3. The van der Waals surface area contributed by atoms with E-state index in [0.717, 1.165) is 6.07 Å². The summed E-state index contributed by atoms with van der Waals surface area (Å²) in [5.41, 5.74) is -1.68. The van der Waals surface area contributed by atoms with Crippen molar-refractivity contribution in [3.8, 4) is 0 Å². The number of quaternary nitrogens is 1. The minimum absolute atomic E-state index is 0.203. The van der Waals surface area contributed by atoms with Gasteiger partial charge in [-0.05, 0) is 28.9 Å². The Morgan fingerprint density at radius 2 is 1.78 bits per heavy atom. The second kappa shape index (κ2) is 9.13. The van der Waals surface area contributed by atoms with Gasteiger partial charge in [-0.15, -0.1) is 0 Å². The predicted molar refractivity (Wildman–Crippen MR) is 117 cm³/mol. The number of carbonyl (C=O) groups is 3. The van der Waals surface area contributed by atoms with E-state index in [-0.39, 0.29) is 16.9 Å². The van der Waals surface area contributed by atoms with Gasteiger partial charge in [0.05, 0.1) is 24.6 Å². The Hall–Kier alpha value is -3.58. The van der Waals surface area contributed by atoms with Gasteiger partial charge in [0.1, 0.15) is 5.82 Å². The van der Waals surface area contributed by atoms with Crippen molar-refractivity contribution in [2.75, 3.05) is 36.1 Å². The molecule has 0 N–H and O–H groups in total. The number of anilines is 2. The molecule has 2 aromatic rings. The molecule has 0 spiro atoms. The summed E-state index contributed by atoms with van der Waals surface area (Å²) >= 11 is 0. The van der Waals surface area contributed by atoms with Crippen molar-refractivity contribution in [3.63, 3.8) is 0 Å². The highest BCUT2D eigenvalue weighted by Gasteiger charge is 2.71. The summed E-state index contributed by atoms with van der Waals surface area (Å²) in [6.07, 6.45) is -2.75. The SMILES string of the molecule is CC1(C)C(=O)N(c2ccc(N3CCOCC3)c(F)c2)C(=O)[N+]1(Cc1ccncc1)OC(=O)C(F)(F)F. The second-order valence-corrected chi connectivity index (χ2v) is 8.85. The first-order valence-electron chi connectivity index (χ1n) is 11.0. The van der Waals surface area contributed by atoms with Gasteiger partial charge in [-0.3, -0.25) is 14.6 Å². The topological polar surface area (TPSA) is 89.0 Å². The average Bonchev–Trinajstić information content (AvgIpc) is 2.97. The van der Waals surface area contributed by atoms with Crippen molar-refractivity contribution in [1.82, 2.24) is 4.98 Å². The van der Waals surface area contributed by atoms with Gasteiger partial charge in [0.2, 0.25) is 5.54 Å². The molecule has 2 aliphatic heterocycles. The minimum Gasteiger partial charge on any atom is -0.378 e. The van der Waals surface area contributed by atoms with Crippen LogP contribution in [0.1, 0.15) is 19.4 Å². The molecule has 9 nitrogen and oxygen atoms in total. The van der Waals surface area contributed by atoms with Crippen molar-refractivity contribution >= 4 is 29.3 Å². The molecule has 4 rings (SSSR count). The number of carbonyl (C=O) groups excluding carboxylic acids is 3. The van der Waals surface area contributed by atoms with Crippen molar-refractivity contribution in [1.29, 1.82) is 0 Å². The molecule has 2 fully saturated rings. The monoisotopic (exact) mass is 511 g/mol. The zero-order valence-electron chi connectivity index (χ0n) is 19.4. The first kappa shape index (κ1) is 25.5. The van der Waals surface area contributed by atoms with Crippen LogP contribution in [0.3, 0.4) is 0 Å². The van der Waals surface area contributed by atoms with E-state index < -0.39 is 46.6 Å². The van der Waals surface area contributed by atoms with Gasteiger partial charge in [-0.2, -0.15) is 18.1 Å². The fourth-order valence-electron chi connectivity index (χ4n) is 4.23. The summed E-state index contributed by atoms with van der Waals surface area (Å²) in [7, 11) is 0. The van der Waals surface area contributed by atoms with Gasteiger partial charge in [-0.1, -0.05) is 0 Å². The third kappa shape index (κ3) is 4.28. The standard InChI is InChI=1S/C23H23F4N4O5/c1-22(2)19(32)30(16-3-4-18(17(24)13-16)29-9-11-35-12-10-29)21(34)31(22,36-20(33)23(25,26)27)14-15-5-7-28-8-6-15/h3-8,13H,9-12,14H2,1-2H3/q+1. The number of benzene rings is 1. The Morgan fingerprint density at radius 3 is 2.36 bits per heavy atom. The summed E-state index contributed by atoms with van der Waals surface area (Å²) in [6, 6.07) is 5.20. The van der Waals surface area contributed by atoms with Crippen LogP contribution in [0.4, 0.5) is 33.7 Å². The molecule has 1 aromatic heterocycles. The number of aromatic nitrogens is 1. The Bertz CT molecular complexity index is 1180. The molecule has 1 unspecified atom stereocenters. The lowest BCUT2D eigenvalue weighted by molar-refractivity contribution is -1.06. The highest BCUT2D eigenvalue weighted by Crippen LogP contribution is 2.43. The van der Waals surface area contributed by atoms with Crippen LogP contribution in [0.2, 0.25) is 0 Å². The lowest BCUT2D eigenvalue weighted by Gasteiger charge is -2.35. The molecule has 13 heteroatoms. The number of alkyl halides is 3. The molecule has 3 heterocycles. The van der Waals surface area contributed by atoms with Crippen LogP contribution in [0.25, 0.3) is 0 Å². The van der Waals surface area contributed by atoms with Crippen LogP contribution in [0, 0.1) is 5.82 Å². The largest absolute Gasteiger partial charge is 0.497 e.